The third kappa shape index (κ3) is 10.6. The number of benzene rings is 2. The van der Waals surface area contributed by atoms with Crippen molar-refractivity contribution in [3.05, 3.63) is 94.7 Å². The summed E-state index contributed by atoms with van der Waals surface area (Å²) in [5.41, 5.74) is 3.17. The first-order valence-electron chi connectivity index (χ1n) is 19.8. The van der Waals surface area contributed by atoms with E-state index in [-0.39, 0.29) is 29.2 Å². The number of pyridine rings is 1. The topological polar surface area (TPSA) is 117 Å². The molecular formula is C42H50F4N8O3S. The lowest BCUT2D eigenvalue weighted by Gasteiger charge is -2.36. The Kier molecular flexibility index (Phi) is 13.1. The molecule has 310 valence electrons. The van der Waals surface area contributed by atoms with Crippen LogP contribution in [0.1, 0.15) is 77.2 Å². The maximum atomic E-state index is 14.6. The quantitative estimate of drug-likeness (QED) is 0.143. The predicted molar refractivity (Wildman–Crippen MR) is 215 cm³/mol. The average Bonchev–Trinajstić information content (AvgIpc) is 3.59. The number of carbonyl (C=O) groups is 2. The number of ether oxygens (including phenoxy) is 1. The van der Waals surface area contributed by atoms with Gasteiger partial charge in [0.1, 0.15) is 22.8 Å². The number of amides is 2. The van der Waals surface area contributed by atoms with Crippen LogP contribution in [0, 0.1) is 5.82 Å². The molecule has 16 heteroatoms. The van der Waals surface area contributed by atoms with Crippen LogP contribution in [0.4, 0.5) is 17.6 Å². The molecule has 4 heterocycles. The molecule has 1 aliphatic carbocycles. The fraction of sp³-hybridized carbons (Fsp3) is 0.476. The highest BCUT2D eigenvalue weighted by atomic mass is 32.2. The molecule has 0 bridgehead atoms. The van der Waals surface area contributed by atoms with Crippen LogP contribution in [0.2, 0.25) is 0 Å². The standard InChI is InChI=1S/C42H50F4N8O3S/c1-26-22-54(23-27(2)48-26)24-28-7-12-35(30(17-28)25-53-13-15-58-16-14-53)29-5-4-6-34(18-29)57-41-36(19-31(43)21-47-41)39(55)49-32-8-10-33(11-9-32)50-40(56)37-20-38(42(44,45)46)52(3)51-37/h4-7,12,17-21,26-27,32-33,48H,8-11,13-16,22-25H2,1-3H3,(H,49,55)(H,50,56)/t26-,27+,32?,33?. The Morgan fingerprint density at radius 3 is 2.26 bits per heavy atom. The number of hydrogen-bond donors (Lipinski definition) is 3. The SMILES string of the molecule is C[C@@H]1CN(Cc2ccc(-c3cccc(Oc4ncc(F)cc4C(=O)NC4CCC(NC(=O)c5cc(C(F)(F)F)n(C)n5)CC4)c3)c(CN3CCSCC3)c2)C[C@H](C)N1. The van der Waals surface area contributed by atoms with Gasteiger partial charge in [0.25, 0.3) is 11.8 Å². The number of aromatic nitrogens is 3. The molecule has 0 unspecified atom stereocenters. The van der Waals surface area contributed by atoms with E-state index in [0.29, 0.717) is 48.2 Å². The number of piperazine rings is 1. The summed E-state index contributed by atoms with van der Waals surface area (Å²) in [5.74, 6) is 0.700. The smallest absolute Gasteiger partial charge is 0.433 e. The highest BCUT2D eigenvalue weighted by molar-refractivity contribution is 7.99. The van der Waals surface area contributed by atoms with E-state index >= 15 is 0 Å². The Morgan fingerprint density at radius 1 is 0.897 bits per heavy atom. The third-order valence-electron chi connectivity index (χ3n) is 10.9. The van der Waals surface area contributed by atoms with Gasteiger partial charge in [-0.05, 0) is 80.0 Å². The van der Waals surface area contributed by atoms with Crippen molar-refractivity contribution in [2.45, 2.75) is 83.0 Å². The Labute approximate surface area is 340 Å². The van der Waals surface area contributed by atoms with Gasteiger partial charge in [0, 0.05) is 88.1 Å². The second-order valence-corrected chi connectivity index (χ2v) is 16.9. The zero-order chi connectivity index (χ0) is 41.0. The molecule has 3 fully saturated rings. The van der Waals surface area contributed by atoms with Crippen molar-refractivity contribution in [1.82, 2.24) is 40.5 Å². The summed E-state index contributed by atoms with van der Waals surface area (Å²) >= 11 is 1.98. The van der Waals surface area contributed by atoms with E-state index in [1.165, 1.54) is 11.1 Å². The number of carbonyl (C=O) groups excluding carboxylic acids is 2. The molecule has 4 aromatic rings. The van der Waals surface area contributed by atoms with Crippen LogP contribution in [-0.4, -0.2) is 98.2 Å². The molecule has 2 amide bonds. The molecule has 7 rings (SSSR count). The minimum absolute atomic E-state index is 0.0357. The van der Waals surface area contributed by atoms with Crippen molar-refractivity contribution < 1.29 is 31.9 Å². The highest BCUT2D eigenvalue weighted by Crippen LogP contribution is 2.33. The van der Waals surface area contributed by atoms with E-state index in [9.17, 15) is 27.2 Å². The first-order chi connectivity index (χ1) is 27.8. The Morgan fingerprint density at radius 2 is 1.59 bits per heavy atom. The monoisotopic (exact) mass is 822 g/mol. The number of alkyl halides is 3. The van der Waals surface area contributed by atoms with Gasteiger partial charge in [-0.2, -0.15) is 30.0 Å². The predicted octanol–water partition coefficient (Wildman–Crippen LogP) is 6.63. The average molecular weight is 823 g/mol. The Balaban J connectivity index is 1.02. The summed E-state index contributed by atoms with van der Waals surface area (Å²) in [6.07, 6.45) is -1.70. The second kappa shape index (κ2) is 18.2. The van der Waals surface area contributed by atoms with Gasteiger partial charge in [0.2, 0.25) is 5.88 Å². The van der Waals surface area contributed by atoms with Crippen molar-refractivity contribution in [3.8, 4) is 22.8 Å². The van der Waals surface area contributed by atoms with Crippen molar-refractivity contribution in [2.24, 2.45) is 7.05 Å². The highest BCUT2D eigenvalue weighted by Gasteiger charge is 2.36. The molecule has 58 heavy (non-hydrogen) atoms. The van der Waals surface area contributed by atoms with Gasteiger partial charge in [-0.25, -0.2) is 9.37 Å². The number of thioether (sulfide) groups is 1. The summed E-state index contributed by atoms with van der Waals surface area (Å²) in [4.78, 5) is 35.4. The molecule has 3 N–H and O–H groups in total. The van der Waals surface area contributed by atoms with Gasteiger partial charge >= 0.3 is 6.18 Å². The van der Waals surface area contributed by atoms with Gasteiger partial charge in [-0.3, -0.25) is 24.1 Å². The summed E-state index contributed by atoms with van der Waals surface area (Å²) in [5, 5.41) is 13.0. The lowest BCUT2D eigenvalue weighted by Crippen LogP contribution is -2.53. The zero-order valence-electron chi connectivity index (χ0n) is 32.9. The van der Waals surface area contributed by atoms with Gasteiger partial charge in [0.05, 0.1) is 6.20 Å². The van der Waals surface area contributed by atoms with Crippen LogP contribution in [0.5, 0.6) is 11.6 Å². The zero-order valence-corrected chi connectivity index (χ0v) is 33.8. The number of halogens is 4. The number of rotatable bonds is 11. The largest absolute Gasteiger partial charge is 0.438 e. The number of hydrogen-bond acceptors (Lipinski definition) is 9. The van der Waals surface area contributed by atoms with E-state index in [1.54, 1.807) is 6.07 Å². The lowest BCUT2D eigenvalue weighted by atomic mass is 9.91. The van der Waals surface area contributed by atoms with Crippen LogP contribution < -0.4 is 20.7 Å². The summed E-state index contributed by atoms with van der Waals surface area (Å²) in [7, 11) is 1.14. The van der Waals surface area contributed by atoms with Crippen LogP contribution in [0.3, 0.4) is 0 Å². The lowest BCUT2D eigenvalue weighted by molar-refractivity contribution is -0.143. The van der Waals surface area contributed by atoms with Gasteiger partial charge in [-0.15, -0.1) is 0 Å². The fourth-order valence-corrected chi connectivity index (χ4v) is 9.22. The molecule has 2 saturated heterocycles. The Hall–Kier alpha value is -4.51. The molecule has 2 aromatic carbocycles. The molecule has 2 atom stereocenters. The van der Waals surface area contributed by atoms with Gasteiger partial charge < -0.3 is 20.7 Å². The van der Waals surface area contributed by atoms with Crippen molar-refractivity contribution in [1.29, 1.82) is 0 Å². The first kappa shape index (κ1) is 41.6. The van der Waals surface area contributed by atoms with E-state index in [1.807, 2.05) is 30.0 Å². The molecule has 3 aliphatic rings. The van der Waals surface area contributed by atoms with Crippen LogP contribution in [0.15, 0.2) is 60.8 Å². The minimum atomic E-state index is -4.63. The number of aryl methyl sites for hydroxylation is 1. The fourth-order valence-electron chi connectivity index (χ4n) is 8.24. The van der Waals surface area contributed by atoms with Crippen LogP contribution in [-0.2, 0) is 26.3 Å². The molecule has 0 spiro atoms. The van der Waals surface area contributed by atoms with E-state index in [2.05, 4.69) is 67.9 Å². The van der Waals surface area contributed by atoms with Gasteiger partial charge in [-0.1, -0.05) is 30.3 Å². The number of nitrogens with zero attached hydrogens (tertiary/aromatic N) is 5. The molecule has 0 radical (unpaired) electrons. The third-order valence-corrected chi connectivity index (χ3v) is 11.9. The maximum Gasteiger partial charge on any atom is 0.433 e. The Bertz CT molecular complexity index is 2070. The molecule has 1 saturated carbocycles. The second-order valence-electron chi connectivity index (χ2n) is 15.7. The van der Waals surface area contributed by atoms with Crippen LogP contribution >= 0.6 is 11.8 Å². The maximum absolute atomic E-state index is 14.6. The molecular weight excluding hydrogens is 773 g/mol. The normalized spacial score (nSPS) is 22.1. The van der Waals surface area contributed by atoms with E-state index < -0.39 is 29.5 Å². The molecule has 2 aliphatic heterocycles. The summed E-state index contributed by atoms with van der Waals surface area (Å²) in [6, 6.07) is 16.5. The van der Waals surface area contributed by atoms with Crippen LogP contribution in [0.25, 0.3) is 11.1 Å². The number of nitrogens with one attached hydrogen (secondary N) is 3. The van der Waals surface area contributed by atoms with Crippen molar-refractivity contribution in [2.75, 3.05) is 37.7 Å². The van der Waals surface area contributed by atoms with Gasteiger partial charge in [0.15, 0.2) is 5.69 Å². The van der Waals surface area contributed by atoms with Crippen molar-refractivity contribution >= 4 is 23.6 Å². The minimum Gasteiger partial charge on any atom is -0.438 e. The molecule has 11 nitrogen and oxygen atoms in total. The summed E-state index contributed by atoms with van der Waals surface area (Å²) in [6.45, 7) is 10.2. The summed E-state index contributed by atoms with van der Waals surface area (Å²) < 4.78 is 61.0. The molecule has 2 aromatic heterocycles. The first-order valence-corrected chi connectivity index (χ1v) is 21.0. The van der Waals surface area contributed by atoms with Crippen molar-refractivity contribution in [3.63, 3.8) is 0 Å². The van der Waals surface area contributed by atoms with E-state index in [0.717, 1.165) is 87.3 Å². The van der Waals surface area contributed by atoms with E-state index in [4.69, 9.17) is 4.74 Å².